The standard InChI is InChI=1S/C12H17N3O.2ClH/c1-15(9-10-5-2-3-7-13-10)12(16)11-6-4-8-14-11;;/h2-3,5,7,11,14H,4,6,8-9H2,1H3;2*1H. The van der Waals surface area contributed by atoms with E-state index in [9.17, 15) is 4.79 Å². The van der Waals surface area contributed by atoms with Gasteiger partial charge in [-0.25, -0.2) is 0 Å². The molecule has 4 nitrogen and oxygen atoms in total. The Kier molecular flexibility index (Phi) is 7.91. The summed E-state index contributed by atoms with van der Waals surface area (Å²) in [4.78, 5) is 17.9. The van der Waals surface area contributed by atoms with Crippen LogP contribution in [0.4, 0.5) is 0 Å². The van der Waals surface area contributed by atoms with E-state index < -0.39 is 0 Å². The van der Waals surface area contributed by atoms with Gasteiger partial charge in [-0.05, 0) is 31.5 Å². The van der Waals surface area contributed by atoms with Crippen LogP contribution in [0, 0.1) is 0 Å². The molecule has 18 heavy (non-hydrogen) atoms. The number of pyridine rings is 1. The van der Waals surface area contributed by atoms with Gasteiger partial charge in [-0.15, -0.1) is 24.8 Å². The molecule has 2 heterocycles. The van der Waals surface area contributed by atoms with E-state index in [2.05, 4.69) is 10.3 Å². The molecule has 1 aliphatic rings. The Morgan fingerprint density at radius 3 is 2.83 bits per heavy atom. The van der Waals surface area contributed by atoms with Crippen molar-refractivity contribution in [2.75, 3.05) is 13.6 Å². The van der Waals surface area contributed by atoms with E-state index in [-0.39, 0.29) is 36.8 Å². The lowest BCUT2D eigenvalue weighted by Crippen LogP contribution is -2.41. The number of rotatable bonds is 3. The Morgan fingerprint density at radius 2 is 2.28 bits per heavy atom. The van der Waals surface area contributed by atoms with Crippen LogP contribution in [0.1, 0.15) is 18.5 Å². The molecule has 1 unspecified atom stereocenters. The lowest BCUT2D eigenvalue weighted by molar-refractivity contribution is -0.132. The largest absolute Gasteiger partial charge is 0.339 e. The van der Waals surface area contributed by atoms with Crippen molar-refractivity contribution < 1.29 is 4.79 Å². The quantitative estimate of drug-likeness (QED) is 0.921. The van der Waals surface area contributed by atoms with Gasteiger partial charge in [0.05, 0.1) is 18.3 Å². The number of hydrogen-bond acceptors (Lipinski definition) is 3. The highest BCUT2D eigenvalue weighted by atomic mass is 35.5. The van der Waals surface area contributed by atoms with Crippen LogP contribution < -0.4 is 5.32 Å². The lowest BCUT2D eigenvalue weighted by Gasteiger charge is -2.20. The summed E-state index contributed by atoms with van der Waals surface area (Å²) in [5, 5.41) is 3.21. The van der Waals surface area contributed by atoms with E-state index in [0.29, 0.717) is 6.54 Å². The SMILES string of the molecule is CN(Cc1ccccn1)C(=O)C1CCCN1.Cl.Cl. The molecule has 1 fully saturated rings. The highest BCUT2D eigenvalue weighted by Crippen LogP contribution is 2.09. The zero-order valence-electron chi connectivity index (χ0n) is 10.3. The summed E-state index contributed by atoms with van der Waals surface area (Å²) in [6.45, 7) is 1.53. The second kappa shape index (κ2) is 8.29. The molecule has 102 valence electrons. The Morgan fingerprint density at radius 1 is 1.50 bits per heavy atom. The van der Waals surface area contributed by atoms with E-state index in [1.54, 1.807) is 11.1 Å². The van der Waals surface area contributed by atoms with Crippen molar-refractivity contribution in [2.45, 2.75) is 25.4 Å². The number of carbonyl (C=O) groups excluding carboxylic acids is 1. The van der Waals surface area contributed by atoms with Crippen molar-refractivity contribution in [2.24, 2.45) is 0 Å². The molecule has 0 aromatic carbocycles. The number of carbonyl (C=O) groups is 1. The van der Waals surface area contributed by atoms with Gasteiger partial charge in [0.15, 0.2) is 0 Å². The smallest absolute Gasteiger partial charge is 0.239 e. The minimum atomic E-state index is 0. The maximum atomic E-state index is 12.0. The Labute approximate surface area is 120 Å². The summed E-state index contributed by atoms with van der Waals surface area (Å²) < 4.78 is 0. The predicted octanol–water partition coefficient (Wildman–Crippen LogP) is 1.64. The van der Waals surface area contributed by atoms with Crippen LogP contribution in [-0.4, -0.2) is 35.4 Å². The molecule has 0 bridgehead atoms. The summed E-state index contributed by atoms with van der Waals surface area (Å²) in [7, 11) is 1.83. The van der Waals surface area contributed by atoms with Gasteiger partial charge in [0.25, 0.3) is 0 Å². The van der Waals surface area contributed by atoms with Crippen LogP contribution in [-0.2, 0) is 11.3 Å². The molecular formula is C12H19Cl2N3O. The molecule has 1 aromatic heterocycles. The Hall–Kier alpha value is -0.840. The third kappa shape index (κ3) is 4.44. The van der Waals surface area contributed by atoms with E-state index in [1.165, 1.54) is 0 Å². The van der Waals surface area contributed by atoms with Crippen molar-refractivity contribution in [3.8, 4) is 0 Å². The maximum absolute atomic E-state index is 12.0. The van der Waals surface area contributed by atoms with Crippen LogP contribution in [0.3, 0.4) is 0 Å². The molecule has 6 heteroatoms. The van der Waals surface area contributed by atoms with Gasteiger partial charge in [-0.3, -0.25) is 9.78 Å². The first-order valence-electron chi connectivity index (χ1n) is 5.65. The minimum Gasteiger partial charge on any atom is -0.339 e. The molecule has 1 saturated heterocycles. The average Bonchev–Trinajstić information content (AvgIpc) is 2.83. The molecule has 0 spiro atoms. The Bertz CT molecular complexity index is 356. The predicted molar refractivity (Wildman–Crippen MR) is 76.2 cm³/mol. The van der Waals surface area contributed by atoms with Crippen LogP contribution in [0.25, 0.3) is 0 Å². The lowest BCUT2D eigenvalue weighted by atomic mass is 10.2. The molecule has 1 aromatic rings. The summed E-state index contributed by atoms with van der Waals surface area (Å²) in [5.41, 5.74) is 0.927. The van der Waals surface area contributed by atoms with Crippen molar-refractivity contribution in [1.29, 1.82) is 0 Å². The molecule has 0 saturated carbocycles. The number of nitrogens with zero attached hydrogens (tertiary/aromatic N) is 2. The molecular weight excluding hydrogens is 273 g/mol. The number of aromatic nitrogens is 1. The summed E-state index contributed by atoms with van der Waals surface area (Å²) in [6.07, 6.45) is 3.79. The van der Waals surface area contributed by atoms with Gasteiger partial charge >= 0.3 is 0 Å². The van der Waals surface area contributed by atoms with Crippen molar-refractivity contribution >= 4 is 30.7 Å². The highest BCUT2D eigenvalue weighted by Gasteiger charge is 2.24. The van der Waals surface area contributed by atoms with Gasteiger partial charge in [0, 0.05) is 13.2 Å². The van der Waals surface area contributed by atoms with Gasteiger partial charge in [0.1, 0.15) is 0 Å². The van der Waals surface area contributed by atoms with Crippen LogP contribution in [0.15, 0.2) is 24.4 Å². The third-order valence-corrected chi connectivity index (χ3v) is 2.86. The third-order valence-electron chi connectivity index (χ3n) is 2.86. The van der Waals surface area contributed by atoms with E-state index in [0.717, 1.165) is 25.1 Å². The topological polar surface area (TPSA) is 45.2 Å². The molecule has 0 aliphatic carbocycles. The van der Waals surface area contributed by atoms with Crippen LogP contribution in [0.2, 0.25) is 0 Å². The van der Waals surface area contributed by atoms with Crippen molar-refractivity contribution in [1.82, 2.24) is 15.2 Å². The first-order valence-corrected chi connectivity index (χ1v) is 5.65. The molecule has 0 radical (unpaired) electrons. The van der Waals surface area contributed by atoms with E-state index >= 15 is 0 Å². The number of likely N-dealkylation sites (N-methyl/N-ethyl adjacent to an activating group) is 1. The number of halogens is 2. The fraction of sp³-hybridized carbons (Fsp3) is 0.500. The summed E-state index contributed by atoms with van der Waals surface area (Å²) >= 11 is 0. The monoisotopic (exact) mass is 291 g/mol. The Balaban J connectivity index is 0.00000144. The van der Waals surface area contributed by atoms with Gasteiger partial charge in [0.2, 0.25) is 5.91 Å². The van der Waals surface area contributed by atoms with Crippen molar-refractivity contribution in [3.05, 3.63) is 30.1 Å². The first kappa shape index (κ1) is 17.2. The molecule has 2 rings (SSSR count). The fourth-order valence-corrected chi connectivity index (χ4v) is 1.97. The minimum absolute atomic E-state index is 0. The van der Waals surface area contributed by atoms with Gasteiger partial charge in [-0.2, -0.15) is 0 Å². The van der Waals surface area contributed by atoms with Crippen LogP contribution >= 0.6 is 24.8 Å². The van der Waals surface area contributed by atoms with Crippen LogP contribution in [0.5, 0.6) is 0 Å². The highest BCUT2D eigenvalue weighted by molar-refractivity contribution is 5.85. The normalized spacial score (nSPS) is 17.5. The van der Waals surface area contributed by atoms with Gasteiger partial charge < -0.3 is 10.2 Å². The zero-order valence-corrected chi connectivity index (χ0v) is 12.0. The van der Waals surface area contributed by atoms with Gasteiger partial charge in [-0.1, -0.05) is 6.07 Å². The molecule has 1 aliphatic heterocycles. The summed E-state index contributed by atoms with van der Waals surface area (Å²) in [5.74, 6) is 0.170. The number of hydrogen-bond donors (Lipinski definition) is 1. The first-order chi connectivity index (χ1) is 7.77. The molecule has 1 atom stereocenters. The number of nitrogens with one attached hydrogen (secondary N) is 1. The second-order valence-electron chi connectivity index (χ2n) is 4.16. The second-order valence-corrected chi connectivity index (χ2v) is 4.16. The van der Waals surface area contributed by atoms with E-state index in [1.807, 2.05) is 25.2 Å². The average molecular weight is 292 g/mol. The molecule has 1 N–H and O–H groups in total. The number of amides is 1. The van der Waals surface area contributed by atoms with Crippen molar-refractivity contribution in [3.63, 3.8) is 0 Å². The summed E-state index contributed by atoms with van der Waals surface area (Å²) in [6, 6.07) is 5.76. The molecule has 1 amide bonds. The fourth-order valence-electron chi connectivity index (χ4n) is 1.97. The zero-order chi connectivity index (χ0) is 11.4. The maximum Gasteiger partial charge on any atom is 0.239 e. The van der Waals surface area contributed by atoms with E-state index in [4.69, 9.17) is 0 Å².